The average Bonchev–Trinajstić information content (AvgIpc) is 2.15. The van der Waals surface area contributed by atoms with Gasteiger partial charge < -0.3 is 4.74 Å². The van der Waals surface area contributed by atoms with Gasteiger partial charge in [-0.25, -0.2) is 0 Å². The van der Waals surface area contributed by atoms with Crippen LogP contribution in [-0.2, 0) is 0 Å². The van der Waals surface area contributed by atoms with E-state index in [1.807, 2.05) is 0 Å². The van der Waals surface area contributed by atoms with Crippen LogP contribution in [-0.4, -0.2) is 17.3 Å². The van der Waals surface area contributed by atoms with Gasteiger partial charge in [0.25, 0.3) is 0 Å². The van der Waals surface area contributed by atoms with E-state index in [0.29, 0.717) is 18.1 Å². The van der Waals surface area contributed by atoms with Gasteiger partial charge in [-0.15, -0.1) is 0 Å². The average molecular weight is 213 g/mol. The lowest BCUT2D eigenvalue weighted by Crippen LogP contribution is -2.01. The zero-order valence-corrected chi connectivity index (χ0v) is 8.66. The van der Waals surface area contributed by atoms with Crippen molar-refractivity contribution in [3.8, 4) is 5.75 Å². The first-order valence-corrected chi connectivity index (χ1v) is 4.77. The van der Waals surface area contributed by atoms with Crippen molar-refractivity contribution in [2.75, 3.05) is 12.4 Å². The summed E-state index contributed by atoms with van der Waals surface area (Å²) in [5.74, 6) is 0.833. The first-order valence-electron chi connectivity index (χ1n) is 4.14. The minimum atomic E-state index is -0.444. The van der Waals surface area contributed by atoms with E-state index in [9.17, 15) is 10.1 Å². The van der Waals surface area contributed by atoms with Crippen LogP contribution in [0.3, 0.4) is 0 Å². The van der Waals surface area contributed by atoms with Crippen molar-refractivity contribution in [1.29, 1.82) is 0 Å². The maximum Gasteiger partial charge on any atom is 0.311 e. The lowest BCUT2D eigenvalue weighted by molar-refractivity contribution is -0.385. The lowest BCUT2D eigenvalue weighted by Gasteiger charge is -2.05. The molecule has 0 aliphatic rings. The van der Waals surface area contributed by atoms with Gasteiger partial charge in [0.15, 0.2) is 5.75 Å². The number of nitro groups is 1. The molecule has 0 bridgehead atoms. The third-order valence-corrected chi connectivity index (χ3v) is 1.84. The fourth-order valence-corrected chi connectivity index (χ4v) is 1.14. The topological polar surface area (TPSA) is 52.4 Å². The highest BCUT2D eigenvalue weighted by Crippen LogP contribution is 2.27. The summed E-state index contributed by atoms with van der Waals surface area (Å²) in [6.07, 6.45) is 0. The molecule has 1 rings (SSSR count). The molecule has 0 amide bonds. The van der Waals surface area contributed by atoms with E-state index in [1.54, 1.807) is 19.1 Å². The Morgan fingerprint density at radius 1 is 1.57 bits per heavy atom. The van der Waals surface area contributed by atoms with Gasteiger partial charge in [-0.2, -0.15) is 12.6 Å². The Labute approximate surface area is 87.4 Å². The van der Waals surface area contributed by atoms with Crippen molar-refractivity contribution in [1.82, 2.24) is 0 Å². The highest BCUT2D eigenvalue weighted by atomic mass is 32.1. The molecule has 0 atom stereocenters. The van der Waals surface area contributed by atoms with Crippen LogP contribution in [0.4, 0.5) is 5.69 Å². The molecule has 0 radical (unpaired) electrons. The number of hydrogen-bond donors (Lipinski definition) is 1. The van der Waals surface area contributed by atoms with Crippen molar-refractivity contribution in [3.63, 3.8) is 0 Å². The second-order valence-electron chi connectivity index (χ2n) is 2.80. The molecule has 0 aliphatic carbocycles. The van der Waals surface area contributed by atoms with Crippen molar-refractivity contribution in [3.05, 3.63) is 33.9 Å². The zero-order chi connectivity index (χ0) is 10.6. The molecule has 0 aliphatic heterocycles. The first-order chi connectivity index (χ1) is 6.65. The molecule has 1 aromatic carbocycles. The highest BCUT2D eigenvalue weighted by molar-refractivity contribution is 7.80. The van der Waals surface area contributed by atoms with Crippen molar-refractivity contribution in [2.45, 2.75) is 6.92 Å². The number of thiol groups is 1. The molecule has 0 aromatic heterocycles. The third kappa shape index (κ3) is 2.63. The predicted molar refractivity (Wildman–Crippen MR) is 57.2 cm³/mol. The van der Waals surface area contributed by atoms with Gasteiger partial charge in [0.1, 0.15) is 0 Å². The smallest absolute Gasteiger partial charge is 0.311 e. The number of aryl methyl sites for hydroxylation is 1. The van der Waals surface area contributed by atoms with Gasteiger partial charge in [0.2, 0.25) is 0 Å². The van der Waals surface area contributed by atoms with E-state index in [1.165, 1.54) is 6.07 Å². The van der Waals surface area contributed by atoms with E-state index < -0.39 is 4.92 Å². The standard InChI is InChI=1S/C9H11NO3S/c1-7-2-3-9(13-4-5-14)8(6-7)10(11)12/h2-3,6,14H,4-5H2,1H3. The Bertz CT molecular complexity index is 341. The van der Waals surface area contributed by atoms with Gasteiger partial charge in [0, 0.05) is 11.8 Å². The summed E-state index contributed by atoms with van der Waals surface area (Å²) in [7, 11) is 0. The molecule has 14 heavy (non-hydrogen) atoms. The van der Waals surface area contributed by atoms with Crippen molar-refractivity contribution < 1.29 is 9.66 Å². The summed E-state index contributed by atoms with van der Waals surface area (Å²) >= 11 is 3.96. The molecule has 76 valence electrons. The third-order valence-electron chi connectivity index (χ3n) is 1.66. The van der Waals surface area contributed by atoms with Crippen LogP contribution in [0.25, 0.3) is 0 Å². The lowest BCUT2D eigenvalue weighted by atomic mass is 10.2. The Balaban J connectivity index is 2.96. The molecule has 0 spiro atoms. The van der Waals surface area contributed by atoms with Crippen LogP contribution in [0.2, 0.25) is 0 Å². The number of nitrogens with zero attached hydrogens (tertiary/aromatic N) is 1. The Morgan fingerprint density at radius 3 is 2.86 bits per heavy atom. The molecule has 0 saturated heterocycles. The van der Waals surface area contributed by atoms with Crippen LogP contribution >= 0.6 is 12.6 Å². The van der Waals surface area contributed by atoms with Gasteiger partial charge in [-0.05, 0) is 18.6 Å². The van der Waals surface area contributed by atoms with E-state index >= 15 is 0 Å². The SMILES string of the molecule is Cc1ccc(OCCS)c([N+](=O)[O-])c1. The molecule has 0 N–H and O–H groups in total. The fourth-order valence-electron chi connectivity index (χ4n) is 1.05. The minimum absolute atomic E-state index is 0.00628. The van der Waals surface area contributed by atoms with E-state index in [4.69, 9.17) is 4.74 Å². The molecular weight excluding hydrogens is 202 g/mol. The quantitative estimate of drug-likeness (QED) is 0.474. The summed E-state index contributed by atoms with van der Waals surface area (Å²) < 4.78 is 5.18. The van der Waals surface area contributed by atoms with E-state index in [2.05, 4.69) is 12.6 Å². The van der Waals surface area contributed by atoms with Crippen molar-refractivity contribution in [2.24, 2.45) is 0 Å². The van der Waals surface area contributed by atoms with E-state index in [-0.39, 0.29) is 5.69 Å². The maximum atomic E-state index is 10.6. The molecule has 0 heterocycles. The normalized spacial score (nSPS) is 9.86. The van der Waals surface area contributed by atoms with Crippen LogP contribution in [0.15, 0.2) is 18.2 Å². The van der Waals surface area contributed by atoms with E-state index in [0.717, 1.165) is 5.56 Å². The van der Waals surface area contributed by atoms with Crippen LogP contribution in [0, 0.1) is 17.0 Å². The number of nitro benzene ring substituents is 1. The molecule has 0 fully saturated rings. The first kappa shape index (κ1) is 10.8. The van der Waals surface area contributed by atoms with Gasteiger partial charge >= 0.3 is 5.69 Å². The molecular formula is C9H11NO3S. The molecule has 5 heteroatoms. The molecule has 0 unspecified atom stereocenters. The largest absolute Gasteiger partial charge is 0.486 e. The van der Waals surface area contributed by atoms with Crippen LogP contribution in [0.1, 0.15) is 5.56 Å². The number of ether oxygens (including phenoxy) is 1. The van der Waals surface area contributed by atoms with Crippen LogP contribution in [0.5, 0.6) is 5.75 Å². The summed E-state index contributed by atoms with van der Waals surface area (Å²) in [6.45, 7) is 2.17. The Morgan fingerprint density at radius 2 is 2.29 bits per heavy atom. The Hall–Kier alpha value is -1.23. The highest BCUT2D eigenvalue weighted by Gasteiger charge is 2.14. The summed E-state index contributed by atoms with van der Waals surface area (Å²) in [5, 5.41) is 10.6. The monoisotopic (exact) mass is 213 g/mol. The minimum Gasteiger partial charge on any atom is -0.486 e. The Kier molecular flexibility index (Phi) is 3.76. The van der Waals surface area contributed by atoms with Gasteiger partial charge in [-0.3, -0.25) is 10.1 Å². The predicted octanol–water partition coefficient (Wildman–Crippen LogP) is 2.21. The second-order valence-corrected chi connectivity index (χ2v) is 3.25. The summed E-state index contributed by atoms with van der Waals surface area (Å²) in [5.41, 5.74) is 0.849. The number of rotatable bonds is 4. The molecule has 4 nitrogen and oxygen atoms in total. The molecule has 0 saturated carbocycles. The van der Waals surface area contributed by atoms with Gasteiger partial charge in [0.05, 0.1) is 11.5 Å². The number of benzene rings is 1. The van der Waals surface area contributed by atoms with Gasteiger partial charge in [-0.1, -0.05) is 6.07 Å². The molecule has 1 aromatic rings. The zero-order valence-electron chi connectivity index (χ0n) is 7.77. The second kappa shape index (κ2) is 4.85. The van der Waals surface area contributed by atoms with Crippen molar-refractivity contribution >= 4 is 18.3 Å². The number of hydrogen-bond acceptors (Lipinski definition) is 4. The maximum absolute atomic E-state index is 10.6. The van der Waals surface area contributed by atoms with Crippen LogP contribution < -0.4 is 4.74 Å². The summed E-state index contributed by atoms with van der Waals surface area (Å²) in [6, 6.07) is 4.88. The summed E-state index contributed by atoms with van der Waals surface area (Å²) in [4.78, 5) is 10.2. The fraction of sp³-hybridized carbons (Fsp3) is 0.333.